The molecule has 0 N–H and O–H groups in total. The summed E-state index contributed by atoms with van der Waals surface area (Å²) in [6.45, 7) is 1.98. The highest BCUT2D eigenvalue weighted by Crippen LogP contribution is 2.29. The van der Waals surface area contributed by atoms with Gasteiger partial charge < -0.3 is 9.15 Å². The predicted octanol–water partition coefficient (Wildman–Crippen LogP) is 2.79. The number of benzene rings is 1. The SMILES string of the molecule is COC(=O)CSc1oc(-c2ccc(C)cc2)nc1C#N. The van der Waals surface area contributed by atoms with Crippen LogP contribution in [0.2, 0.25) is 0 Å². The first-order valence-corrected chi connectivity index (χ1v) is 6.80. The van der Waals surface area contributed by atoms with Crippen molar-refractivity contribution >= 4 is 17.7 Å². The first-order valence-electron chi connectivity index (χ1n) is 5.81. The van der Waals surface area contributed by atoms with E-state index in [-0.39, 0.29) is 17.4 Å². The molecule has 6 heteroatoms. The Hall–Kier alpha value is -2.26. The topological polar surface area (TPSA) is 76.1 Å². The summed E-state index contributed by atoms with van der Waals surface area (Å²) in [5, 5.41) is 9.37. The van der Waals surface area contributed by atoms with Crippen molar-refractivity contribution < 1.29 is 13.9 Å². The van der Waals surface area contributed by atoms with Gasteiger partial charge in [-0.05, 0) is 19.1 Å². The van der Waals surface area contributed by atoms with Crippen molar-refractivity contribution in [3.8, 4) is 17.5 Å². The Morgan fingerprint density at radius 1 is 1.45 bits per heavy atom. The Bertz CT molecular complexity index is 656. The molecule has 0 aliphatic rings. The molecular weight excluding hydrogens is 276 g/mol. The lowest BCUT2D eigenvalue weighted by atomic mass is 10.1. The smallest absolute Gasteiger partial charge is 0.316 e. The van der Waals surface area contributed by atoms with E-state index in [1.54, 1.807) is 0 Å². The average Bonchev–Trinajstić information content (AvgIpc) is 2.88. The van der Waals surface area contributed by atoms with Crippen molar-refractivity contribution in [2.24, 2.45) is 0 Å². The lowest BCUT2D eigenvalue weighted by molar-refractivity contribution is -0.137. The van der Waals surface area contributed by atoms with E-state index in [0.29, 0.717) is 11.0 Å². The van der Waals surface area contributed by atoms with Crippen LogP contribution >= 0.6 is 11.8 Å². The van der Waals surface area contributed by atoms with E-state index in [1.807, 2.05) is 37.3 Å². The van der Waals surface area contributed by atoms with Gasteiger partial charge in [-0.25, -0.2) is 0 Å². The van der Waals surface area contributed by atoms with Crippen LogP contribution in [0.15, 0.2) is 33.8 Å². The summed E-state index contributed by atoms with van der Waals surface area (Å²) >= 11 is 1.10. The number of rotatable bonds is 4. The third-order valence-electron chi connectivity index (χ3n) is 2.55. The van der Waals surface area contributed by atoms with E-state index >= 15 is 0 Å². The summed E-state index contributed by atoms with van der Waals surface area (Å²) < 4.78 is 10.1. The molecule has 0 atom stereocenters. The number of nitriles is 1. The highest BCUT2D eigenvalue weighted by molar-refractivity contribution is 7.99. The average molecular weight is 288 g/mol. The Kier molecular flexibility index (Phi) is 4.43. The molecule has 20 heavy (non-hydrogen) atoms. The van der Waals surface area contributed by atoms with Crippen LogP contribution < -0.4 is 0 Å². The van der Waals surface area contributed by atoms with Crippen molar-refractivity contribution in [3.05, 3.63) is 35.5 Å². The normalized spacial score (nSPS) is 10.1. The number of ether oxygens (including phenoxy) is 1. The van der Waals surface area contributed by atoms with Gasteiger partial charge in [0.15, 0.2) is 10.8 Å². The van der Waals surface area contributed by atoms with E-state index in [0.717, 1.165) is 22.9 Å². The fourth-order valence-electron chi connectivity index (χ4n) is 1.48. The van der Waals surface area contributed by atoms with E-state index in [9.17, 15) is 4.79 Å². The van der Waals surface area contributed by atoms with Crippen LogP contribution in [0.1, 0.15) is 11.3 Å². The molecule has 0 amide bonds. The minimum Gasteiger partial charge on any atom is -0.468 e. The molecule has 0 aliphatic carbocycles. The molecule has 0 saturated heterocycles. The van der Waals surface area contributed by atoms with Crippen LogP contribution in [0.3, 0.4) is 0 Å². The number of aromatic nitrogens is 1. The second-order valence-electron chi connectivity index (χ2n) is 4.00. The highest BCUT2D eigenvalue weighted by atomic mass is 32.2. The van der Waals surface area contributed by atoms with Crippen molar-refractivity contribution in [3.63, 3.8) is 0 Å². The van der Waals surface area contributed by atoms with Gasteiger partial charge in [0.1, 0.15) is 6.07 Å². The third kappa shape index (κ3) is 3.19. The molecular formula is C14H12N2O3S. The van der Waals surface area contributed by atoms with E-state index in [2.05, 4.69) is 9.72 Å². The summed E-state index contributed by atoms with van der Waals surface area (Å²) in [7, 11) is 1.31. The van der Waals surface area contributed by atoms with Gasteiger partial charge in [0, 0.05) is 5.56 Å². The molecule has 2 rings (SSSR count). The molecule has 102 valence electrons. The molecule has 1 aromatic heterocycles. The number of nitrogens with zero attached hydrogens (tertiary/aromatic N) is 2. The zero-order valence-corrected chi connectivity index (χ0v) is 11.9. The molecule has 0 spiro atoms. The number of hydrogen-bond donors (Lipinski definition) is 0. The lowest BCUT2D eigenvalue weighted by Crippen LogP contribution is -2.02. The van der Waals surface area contributed by atoms with Gasteiger partial charge in [-0.3, -0.25) is 4.79 Å². The number of esters is 1. The van der Waals surface area contributed by atoms with Crippen molar-refractivity contribution in [1.29, 1.82) is 5.26 Å². The van der Waals surface area contributed by atoms with Crippen LogP contribution in [-0.4, -0.2) is 23.8 Å². The number of methoxy groups -OCH3 is 1. The van der Waals surface area contributed by atoms with Crippen LogP contribution in [-0.2, 0) is 9.53 Å². The van der Waals surface area contributed by atoms with Crippen LogP contribution in [0.25, 0.3) is 11.5 Å². The number of carbonyl (C=O) groups excluding carboxylic acids is 1. The van der Waals surface area contributed by atoms with Crippen LogP contribution in [0, 0.1) is 18.3 Å². The second kappa shape index (κ2) is 6.26. The third-order valence-corrected chi connectivity index (χ3v) is 3.47. The Morgan fingerprint density at radius 2 is 2.15 bits per heavy atom. The highest BCUT2D eigenvalue weighted by Gasteiger charge is 2.16. The standard InChI is InChI=1S/C14H12N2O3S/c1-9-3-5-10(6-4-9)13-16-11(7-15)14(19-13)20-8-12(17)18-2/h3-6H,8H2,1-2H3. The molecule has 0 unspecified atom stereocenters. The van der Waals surface area contributed by atoms with Crippen molar-refractivity contribution in [2.45, 2.75) is 12.0 Å². The van der Waals surface area contributed by atoms with E-state index in [1.165, 1.54) is 7.11 Å². The van der Waals surface area contributed by atoms with Gasteiger partial charge in [-0.1, -0.05) is 29.5 Å². The molecule has 2 aromatic rings. The summed E-state index contributed by atoms with van der Waals surface area (Å²) in [6.07, 6.45) is 0. The summed E-state index contributed by atoms with van der Waals surface area (Å²) in [4.78, 5) is 15.2. The maximum Gasteiger partial charge on any atom is 0.316 e. The maximum atomic E-state index is 11.1. The zero-order valence-electron chi connectivity index (χ0n) is 11.0. The van der Waals surface area contributed by atoms with Gasteiger partial charge in [-0.15, -0.1) is 0 Å². The second-order valence-corrected chi connectivity index (χ2v) is 4.95. The Morgan fingerprint density at radius 3 is 2.75 bits per heavy atom. The van der Waals surface area contributed by atoms with Crippen LogP contribution in [0.5, 0.6) is 0 Å². The van der Waals surface area contributed by atoms with Crippen LogP contribution in [0.4, 0.5) is 0 Å². The van der Waals surface area contributed by atoms with Gasteiger partial charge in [0.05, 0.1) is 12.9 Å². The number of carbonyl (C=O) groups is 1. The number of aryl methyl sites for hydroxylation is 1. The molecule has 5 nitrogen and oxygen atoms in total. The fraction of sp³-hybridized carbons (Fsp3) is 0.214. The molecule has 1 heterocycles. The molecule has 0 radical (unpaired) electrons. The number of oxazole rings is 1. The predicted molar refractivity (Wildman–Crippen MR) is 74.1 cm³/mol. The molecule has 0 fully saturated rings. The zero-order chi connectivity index (χ0) is 14.5. The van der Waals surface area contributed by atoms with E-state index < -0.39 is 0 Å². The van der Waals surface area contributed by atoms with Gasteiger partial charge in [0.2, 0.25) is 5.89 Å². The lowest BCUT2D eigenvalue weighted by Gasteiger charge is -1.97. The Labute approximate surface area is 120 Å². The fourth-order valence-corrected chi connectivity index (χ4v) is 2.21. The van der Waals surface area contributed by atoms with Crippen molar-refractivity contribution in [1.82, 2.24) is 4.98 Å². The Balaban J connectivity index is 2.24. The first kappa shape index (κ1) is 14.2. The minimum atomic E-state index is -0.382. The number of hydrogen-bond acceptors (Lipinski definition) is 6. The maximum absolute atomic E-state index is 11.1. The summed E-state index contributed by atoms with van der Waals surface area (Å²) in [5.74, 6) is 0.0642. The quantitative estimate of drug-likeness (QED) is 0.636. The monoisotopic (exact) mass is 288 g/mol. The van der Waals surface area contributed by atoms with E-state index in [4.69, 9.17) is 9.68 Å². The summed E-state index contributed by atoms with van der Waals surface area (Å²) in [5.41, 5.74) is 2.09. The minimum absolute atomic E-state index is 0.0771. The van der Waals surface area contributed by atoms with Gasteiger partial charge >= 0.3 is 5.97 Å². The molecule has 0 bridgehead atoms. The number of thioether (sulfide) groups is 1. The van der Waals surface area contributed by atoms with Gasteiger partial charge in [-0.2, -0.15) is 10.2 Å². The summed E-state index contributed by atoms with van der Waals surface area (Å²) in [6, 6.07) is 9.58. The van der Waals surface area contributed by atoms with Crippen molar-refractivity contribution in [2.75, 3.05) is 12.9 Å². The molecule has 0 saturated carbocycles. The largest absolute Gasteiger partial charge is 0.468 e. The van der Waals surface area contributed by atoms with Gasteiger partial charge in [0.25, 0.3) is 0 Å². The first-order chi connectivity index (χ1) is 9.63. The molecule has 1 aromatic carbocycles. The molecule has 0 aliphatic heterocycles.